The van der Waals surface area contributed by atoms with Crippen LogP contribution in [0.4, 0.5) is 0 Å². The Labute approximate surface area is 163 Å². The quantitative estimate of drug-likeness (QED) is 0.772. The summed E-state index contributed by atoms with van der Waals surface area (Å²) in [7, 11) is 1.36. The largest absolute Gasteiger partial charge is 0.466 e. The first kappa shape index (κ1) is 17.0. The summed E-state index contributed by atoms with van der Waals surface area (Å²) in [5.41, 5.74) is 1.78. The second kappa shape index (κ2) is 5.93. The predicted molar refractivity (Wildman–Crippen MR) is 101 cm³/mol. The number of nitriles is 1. The molecule has 3 aliphatic rings. The number of Topliss-reactive ketones (excluding diaryl/α,β-unsaturated/α-hetero) is 1. The van der Waals surface area contributed by atoms with E-state index in [4.69, 9.17) is 4.74 Å². The highest BCUT2D eigenvalue weighted by Crippen LogP contribution is 2.64. The Bertz CT molecular complexity index is 1060. The Kier molecular flexibility index (Phi) is 3.60. The van der Waals surface area contributed by atoms with Crippen LogP contribution in [0.25, 0.3) is 0 Å². The number of hydrogen-bond acceptors (Lipinski definition) is 4. The highest BCUT2D eigenvalue weighted by atomic mass is 16.5. The normalized spacial score (nSPS) is 27.9. The second-order valence-electron chi connectivity index (χ2n) is 7.89. The number of carbonyl (C=O) groups excluding carboxylic acids is 2. The minimum atomic E-state index is -1.31. The van der Waals surface area contributed by atoms with Gasteiger partial charge in [-0.3, -0.25) is 4.79 Å². The molecule has 0 bridgehead atoms. The molecule has 0 amide bonds. The Balaban J connectivity index is 1.81. The first-order valence-electron chi connectivity index (χ1n) is 9.60. The van der Waals surface area contributed by atoms with Crippen LogP contribution in [0.2, 0.25) is 0 Å². The van der Waals surface area contributed by atoms with Gasteiger partial charge < -0.3 is 9.30 Å². The molecule has 1 saturated carbocycles. The zero-order valence-electron chi connectivity index (χ0n) is 15.6. The maximum atomic E-state index is 13.7. The lowest BCUT2D eigenvalue weighted by molar-refractivity contribution is -0.136. The van der Waals surface area contributed by atoms with Crippen LogP contribution >= 0.6 is 0 Å². The lowest BCUT2D eigenvalue weighted by Crippen LogP contribution is -2.40. The average molecular weight is 372 g/mol. The van der Waals surface area contributed by atoms with Crippen molar-refractivity contribution in [1.29, 1.82) is 5.26 Å². The molecule has 2 aromatic rings. The van der Waals surface area contributed by atoms with Crippen molar-refractivity contribution in [3.05, 3.63) is 71.1 Å². The SMILES string of the molecule is COC(=O)C1=C2Cn3cccc3[C@H]2[C@](C#N)(C(=O)C2CC2)C1c1ccccc1. The molecular weight excluding hydrogens is 352 g/mol. The van der Waals surface area contributed by atoms with Crippen LogP contribution in [0, 0.1) is 22.7 Å². The van der Waals surface area contributed by atoms with Gasteiger partial charge in [-0.05, 0) is 36.1 Å². The average Bonchev–Trinajstić information content (AvgIpc) is 3.28. The molecule has 0 saturated heterocycles. The van der Waals surface area contributed by atoms with E-state index in [1.54, 1.807) is 0 Å². The van der Waals surface area contributed by atoms with E-state index in [1.807, 2.05) is 53.2 Å². The van der Waals surface area contributed by atoms with E-state index in [0.29, 0.717) is 12.1 Å². The van der Waals surface area contributed by atoms with Crippen molar-refractivity contribution in [2.75, 3.05) is 7.11 Å². The topological polar surface area (TPSA) is 72.1 Å². The van der Waals surface area contributed by atoms with Crippen molar-refractivity contribution < 1.29 is 14.3 Å². The minimum absolute atomic E-state index is 0.0279. The Morgan fingerprint density at radius 1 is 1.14 bits per heavy atom. The fraction of sp³-hybridized carbons (Fsp3) is 0.348. The number of aromatic nitrogens is 1. The van der Waals surface area contributed by atoms with E-state index in [0.717, 1.165) is 29.7 Å². The molecule has 1 unspecified atom stereocenters. The van der Waals surface area contributed by atoms with Crippen molar-refractivity contribution in [3.63, 3.8) is 0 Å². The number of ether oxygens (including phenoxy) is 1. The highest BCUT2D eigenvalue weighted by Gasteiger charge is 2.65. The molecule has 3 atom stereocenters. The Morgan fingerprint density at radius 3 is 2.54 bits per heavy atom. The Hall–Kier alpha value is -3.13. The summed E-state index contributed by atoms with van der Waals surface area (Å²) in [5.74, 6) is -1.57. The molecule has 1 fully saturated rings. The number of rotatable bonds is 4. The lowest BCUT2D eigenvalue weighted by atomic mass is 9.63. The predicted octanol–water partition coefficient (Wildman–Crippen LogP) is 3.34. The molecule has 28 heavy (non-hydrogen) atoms. The number of methoxy groups -OCH3 is 1. The summed E-state index contributed by atoms with van der Waals surface area (Å²) in [6.45, 7) is 0.516. The summed E-state index contributed by atoms with van der Waals surface area (Å²) >= 11 is 0. The zero-order chi connectivity index (χ0) is 19.5. The molecule has 0 N–H and O–H groups in total. The first-order chi connectivity index (χ1) is 13.6. The minimum Gasteiger partial charge on any atom is -0.466 e. The monoisotopic (exact) mass is 372 g/mol. The van der Waals surface area contributed by atoms with Crippen molar-refractivity contribution >= 4 is 11.8 Å². The molecule has 5 nitrogen and oxygen atoms in total. The number of allylic oxidation sites excluding steroid dienone is 1. The third-order valence-electron chi connectivity index (χ3n) is 6.47. The van der Waals surface area contributed by atoms with Crippen LogP contribution < -0.4 is 0 Å². The van der Waals surface area contributed by atoms with Crippen LogP contribution in [-0.4, -0.2) is 23.4 Å². The smallest absolute Gasteiger partial charge is 0.334 e. The number of nitrogens with zero attached hydrogens (tertiary/aromatic N) is 2. The van der Waals surface area contributed by atoms with Gasteiger partial charge in [0.1, 0.15) is 5.41 Å². The van der Waals surface area contributed by atoms with Crippen molar-refractivity contribution in [2.24, 2.45) is 11.3 Å². The molecule has 5 heteroatoms. The van der Waals surface area contributed by atoms with E-state index in [1.165, 1.54) is 7.11 Å². The number of esters is 1. The van der Waals surface area contributed by atoms with Crippen LogP contribution in [0.3, 0.4) is 0 Å². The summed E-state index contributed by atoms with van der Waals surface area (Å²) in [5, 5.41) is 10.5. The summed E-state index contributed by atoms with van der Waals surface area (Å²) < 4.78 is 7.17. The van der Waals surface area contributed by atoms with Crippen LogP contribution in [-0.2, 0) is 20.9 Å². The molecule has 1 aromatic heterocycles. The van der Waals surface area contributed by atoms with E-state index in [2.05, 4.69) is 6.07 Å². The maximum absolute atomic E-state index is 13.7. The van der Waals surface area contributed by atoms with Gasteiger partial charge in [0, 0.05) is 41.8 Å². The molecule has 2 heterocycles. The highest BCUT2D eigenvalue weighted by molar-refractivity contribution is 6.02. The van der Waals surface area contributed by atoms with E-state index < -0.39 is 23.2 Å². The van der Waals surface area contributed by atoms with Crippen LogP contribution in [0.1, 0.15) is 35.9 Å². The molecule has 1 aromatic carbocycles. The summed E-state index contributed by atoms with van der Waals surface area (Å²) in [6.07, 6.45) is 3.58. The standard InChI is InChI=1S/C23H20N2O3/c1-28-22(27)18-16-12-25-11-5-8-17(25)20(16)23(13-24,21(26)15-9-10-15)19(18)14-6-3-2-4-7-14/h2-8,11,15,19-20H,9-10,12H2,1H3/t19?,20-,23+/m0/s1. The van der Waals surface area contributed by atoms with Gasteiger partial charge in [-0.15, -0.1) is 0 Å². The molecule has 140 valence electrons. The van der Waals surface area contributed by atoms with E-state index in [-0.39, 0.29) is 11.7 Å². The molecule has 0 spiro atoms. The van der Waals surface area contributed by atoms with Crippen LogP contribution in [0.15, 0.2) is 59.8 Å². The molecule has 5 rings (SSSR count). The van der Waals surface area contributed by atoms with Gasteiger partial charge in [0.25, 0.3) is 0 Å². The molecule has 1 aliphatic heterocycles. The zero-order valence-corrected chi connectivity index (χ0v) is 15.6. The number of fused-ring (bicyclic) bond motifs is 3. The fourth-order valence-corrected chi connectivity index (χ4v) is 5.20. The fourth-order valence-electron chi connectivity index (χ4n) is 5.20. The number of benzene rings is 1. The molecule has 2 aliphatic carbocycles. The number of carbonyl (C=O) groups is 2. The maximum Gasteiger partial charge on any atom is 0.334 e. The van der Waals surface area contributed by atoms with Gasteiger partial charge in [-0.2, -0.15) is 5.26 Å². The Morgan fingerprint density at radius 2 is 1.89 bits per heavy atom. The second-order valence-corrected chi connectivity index (χ2v) is 7.89. The first-order valence-corrected chi connectivity index (χ1v) is 9.60. The van der Waals surface area contributed by atoms with Gasteiger partial charge in [-0.1, -0.05) is 30.3 Å². The van der Waals surface area contributed by atoms with Crippen molar-refractivity contribution in [3.8, 4) is 6.07 Å². The third kappa shape index (κ3) is 2.06. The van der Waals surface area contributed by atoms with Gasteiger partial charge in [0.2, 0.25) is 0 Å². The van der Waals surface area contributed by atoms with Crippen molar-refractivity contribution in [1.82, 2.24) is 4.57 Å². The van der Waals surface area contributed by atoms with Gasteiger partial charge in [0.05, 0.1) is 13.2 Å². The summed E-state index contributed by atoms with van der Waals surface area (Å²) in [4.78, 5) is 26.6. The third-order valence-corrected chi connectivity index (χ3v) is 6.47. The van der Waals surface area contributed by atoms with E-state index >= 15 is 0 Å². The number of ketones is 1. The van der Waals surface area contributed by atoms with Crippen molar-refractivity contribution in [2.45, 2.75) is 31.2 Å². The van der Waals surface area contributed by atoms with Crippen LogP contribution in [0.5, 0.6) is 0 Å². The lowest BCUT2D eigenvalue weighted by Gasteiger charge is -2.33. The number of hydrogen-bond donors (Lipinski definition) is 0. The molecule has 0 radical (unpaired) electrons. The van der Waals surface area contributed by atoms with Gasteiger partial charge in [-0.25, -0.2) is 4.79 Å². The van der Waals surface area contributed by atoms with E-state index in [9.17, 15) is 14.9 Å². The summed E-state index contributed by atoms with van der Waals surface area (Å²) in [6, 6.07) is 15.8. The van der Waals surface area contributed by atoms with Gasteiger partial charge in [0.15, 0.2) is 5.78 Å². The van der Waals surface area contributed by atoms with Gasteiger partial charge >= 0.3 is 5.97 Å². The molecular formula is C23H20N2O3.